The number of carbonyl (C=O) groups excluding carboxylic acids is 2. The zero-order valence-corrected chi connectivity index (χ0v) is 25.7. The predicted molar refractivity (Wildman–Crippen MR) is 158 cm³/mol. The van der Waals surface area contributed by atoms with Crippen LogP contribution in [-0.2, 0) is 9.47 Å². The minimum Gasteiger partial charge on any atom is -0.443 e. The van der Waals surface area contributed by atoms with E-state index in [9.17, 15) is 9.59 Å². The van der Waals surface area contributed by atoms with E-state index in [0.29, 0.717) is 5.92 Å². The molecule has 2 aromatic rings. The van der Waals surface area contributed by atoms with Crippen LogP contribution in [0.25, 0.3) is 11.3 Å². The first-order valence-electron chi connectivity index (χ1n) is 15.0. The fourth-order valence-corrected chi connectivity index (χ4v) is 5.41. The van der Waals surface area contributed by atoms with Gasteiger partial charge in [0.05, 0.1) is 17.4 Å². The van der Waals surface area contributed by atoms with Crippen molar-refractivity contribution in [3.05, 3.63) is 30.1 Å². The second kappa shape index (κ2) is 11.3. The van der Waals surface area contributed by atoms with Crippen molar-refractivity contribution < 1.29 is 19.1 Å². The maximum absolute atomic E-state index is 12.9. The van der Waals surface area contributed by atoms with Gasteiger partial charge in [-0.3, -0.25) is 4.68 Å². The number of imide groups is 1. The highest BCUT2D eigenvalue weighted by molar-refractivity contribution is 5.88. The summed E-state index contributed by atoms with van der Waals surface area (Å²) in [6.45, 7) is 15.1. The van der Waals surface area contributed by atoms with E-state index in [1.807, 2.05) is 0 Å². The molecule has 1 saturated heterocycles. The van der Waals surface area contributed by atoms with Gasteiger partial charge >= 0.3 is 12.2 Å². The Morgan fingerprint density at radius 1 is 0.951 bits per heavy atom. The summed E-state index contributed by atoms with van der Waals surface area (Å²) in [6.07, 6.45) is 4.79. The predicted octanol–water partition coefficient (Wildman–Crippen LogP) is 5.70. The van der Waals surface area contributed by atoms with Crippen LogP contribution in [-0.4, -0.2) is 87.7 Å². The lowest BCUT2D eigenvalue weighted by molar-refractivity contribution is -0.00641. The first kappa shape index (κ1) is 29.4. The minimum atomic E-state index is -0.708. The molecule has 10 nitrogen and oxygen atoms in total. The van der Waals surface area contributed by atoms with Gasteiger partial charge in [0.1, 0.15) is 17.0 Å². The summed E-state index contributed by atoms with van der Waals surface area (Å²) in [7, 11) is 2.16. The minimum absolute atomic E-state index is 0.149. The van der Waals surface area contributed by atoms with Crippen molar-refractivity contribution in [2.24, 2.45) is 5.92 Å². The zero-order valence-electron chi connectivity index (χ0n) is 25.7. The molecule has 3 aliphatic rings. The number of piperazine rings is 1. The van der Waals surface area contributed by atoms with E-state index in [1.165, 1.54) is 0 Å². The van der Waals surface area contributed by atoms with Crippen LogP contribution in [0.3, 0.4) is 0 Å². The SMILES string of the molecule is CN1CCN(c2cccc(-c3cn(C4CC(CN(C(=O)OC(C)(C)C)C(=O)OC(C)(C)C)C4)nc3C3CC3)n2)CC1. The lowest BCUT2D eigenvalue weighted by atomic mass is 9.80. The van der Waals surface area contributed by atoms with E-state index in [2.05, 4.69) is 45.9 Å². The topological polar surface area (TPSA) is 93.0 Å². The third-order valence-electron chi connectivity index (χ3n) is 7.82. The quantitative estimate of drug-likeness (QED) is 0.440. The second-order valence-electron chi connectivity index (χ2n) is 13.9. The second-order valence-corrected chi connectivity index (χ2v) is 13.9. The van der Waals surface area contributed by atoms with Crippen molar-refractivity contribution in [1.82, 2.24) is 24.6 Å². The van der Waals surface area contributed by atoms with E-state index in [-0.39, 0.29) is 18.5 Å². The van der Waals surface area contributed by atoms with Crippen LogP contribution in [0.15, 0.2) is 24.4 Å². The fourth-order valence-electron chi connectivity index (χ4n) is 5.41. The molecule has 0 spiro atoms. The molecule has 0 unspecified atom stereocenters. The Kier molecular flexibility index (Phi) is 8.07. The maximum Gasteiger partial charge on any atom is 0.419 e. The molecule has 2 amide bonds. The van der Waals surface area contributed by atoms with Gasteiger partial charge in [-0.1, -0.05) is 6.07 Å². The molecule has 0 radical (unpaired) electrons. The van der Waals surface area contributed by atoms with Gasteiger partial charge in [0.25, 0.3) is 0 Å². The highest BCUT2D eigenvalue weighted by atomic mass is 16.6. The molecule has 0 bridgehead atoms. The van der Waals surface area contributed by atoms with Crippen molar-refractivity contribution in [3.63, 3.8) is 0 Å². The van der Waals surface area contributed by atoms with Crippen LogP contribution < -0.4 is 4.90 Å². The summed E-state index contributed by atoms with van der Waals surface area (Å²) >= 11 is 0. The van der Waals surface area contributed by atoms with Gasteiger partial charge in [0, 0.05) is 50.4 Å². The van der Waals surface area contributed by atoms with Gasteiger partial charge in [-0.2, -0.15) is 5.10 Å². The Morgan fingerprint density at radius 3 is 2.12 bits per heavy atom. The number of pyridine rings is 1. The van der Waals surface area contributed by atoms with Crippen LogP contribution in [0, 0.1) is 5.92 Å². The molecule has 3 heterocycles. The standard InChI is InChI=1S/C31H46N6O4/c1-30(2,3)40-28(38)36(29(39)41-31(4,5)6)19-21-17-23(18-21)37-20-24(27(33-37)22-11-12-22)25-9-8-10-26(32-25)35-15-13-34(7)14-16-35/h8-10,20-23H,11-19H2,1-7H3. The number of anilines is 1. The van der Waals surface area contributed by atoms with E-state index in [1.54, 1.807) is 41.5 Å². The molecular formula is C31H46N6O4. The van der Waals surface area contributed by atoms with E-state index in [4.69, 9.17) is 19.6 Å². The normalized spacial score (nSPS) is 21.8. The van der Waals surface area contributed by atoms with Crippen LogP contribution >= 0.6 is 0 Å². The monoisotopic (exact) mass is 566 g/mol. The molecule has 2 saturated carbocycles. The lowest BCUT2D eigenvalue weighted by Gasteiger charge is -2.38. The Bertz CT molecular complexity index is 1220. The molecule has 224 valence electrons. The summed E-state index contributed by atoms with van der Waals surface area (Å²) in [4.78, 5) is 36.8. The third kappa shape index (κ3) is 7.39. The van der Waals surface area contributed by atoms with Crippen LogP contribution in [0.1, 0.15) is 84.9 Å². The largest absolute Gasteiger partial charge is 0.443 e. The maximum atomic E-state index is 12.9. The Balaban J connectivity index is 1.28. The Labute approximate surface area is 244 Å². The highest BCUT2D eigenvalue weighted by Gasteiger charge is 2.39. The molecule has 0 aromatic carbocycles. The summed E-state index contributed by atoms with van der Waals surface area (Å²) < 4.78 is 13.2. The van der Waals surface area contributed by atoms with Crippen molar-refractivity contribution in [2.45, 2.75) is 90.4 Å². The van der Waals surface area contributed by atoms with Crippen LogP contribution in [0.5, 0.6) is 0 Å². The number of rotatable bonds is 6. The van der Waals surface area contributed by atoms with Crippen molar-refractivity contribution in [1.29, 1.82) is 0 Å². The van der Waals surface area contributed by atoms with Gasteiger partial charge < -0.3 is 19.3 Å². The zero-order chi connectivity index (χ0) is 29.5. The number of amides is 2. The van der Waals surface area contributed by atoms with Crippen molar-refractivity contribution >= 4 is 18.0 Å². The van der Waals surface area contributed by atoms with Crippen LogP contribution in [0.2, 0.25) is 0 Å². The lowest BCUT2D eigenvalue weighted by Crippen LogP contribution is -2.47. The van der Waals surface area contributed by atoms with Crippen molar-refractivity contribution in [3.8, 4) is 11.3 Å². The third-order valence-corrected chi connectivity index (χ3v) is 7.82. The summed E-state index contributed by atoms with van der Waals surface area (Å²) in [6, 6.07) is 6.51. The Hall–Kier alpha value is -3.14. The van der Waals surface area contributed by atoms with E-state index < -0.39 is 23.4 Å². The summed E-state index contributed by atoms with van der Waals surface area (Å²) in [5, 5.41) is 5.06. The molecular weight excluding hydrogens is 520 g/mol. The highest BCUT2D eigenvalue weighted by Crippen LogP contribution is 2.46. The molecule has 5 rings (SSSR count). The van der Waals surface area contributed by atoms with E-state index in [0.717, 1.165) is 79.5 Å². The number of hydrogen-bond donors (Lipinski definition) is 0. The fraction of sp³-hybridized carbons (Fsp3) is 0.677. The molecule has 0 N–H and O–H groups in total. The Morgan fingerprint density at radius 2 is 1.56 bits per heavy atom. The van der Waals surface area contributed by atoms with Gasteiger partial charge in [0.15, 0.2) is 0 Å². The molecule has 3 fully saturated rings. The van der Waals surface area contributed by atoms with Gasteiger partial charge in [-0.05, 0) is 92.3 Å². The van der Waals surface area contributed by atoms with Gasteiger partial charge in [-0.15, -0.1) is 0 Å². The number of carbonyl (C=O) groups is 2. The van der Waals surface area contributed by atoms with E-state index >= 15 is 0 Å². The summed E-state index contributed by atoms with van der Waals surface area (Å²) in [5.74, 6) is 1.67. The molecule has 2 aromatic heterocycles. The molecule has 10 heteroatoms. The first-order chi connectivity index (χ1) is 19.3. The number of ether oxygens (including phenoxy) is 2. The number of likely N-dealkylation sites (N-methyl/N-ethyl adjacent to an activating group) is 1. The van der Waals surface area contributed by atoms with Gasteiger partial charge in [-0.25, -0.2) is 19.5 Å². The summed E-state index contributed by atoms with van der Waals surface area (Å²) in [5.41, 5.74) is 1.82. The first-order valence-corrected chi connectivity index (χ1v) is 15.0. The average molecular weight is 567 g/mol. The molecule has 2 aliphatic carbocycles. The number of aromatic nitrogens is 3. The number of hydrogen-bond acceptors (Lipinski definition) is 8. The molecule has 1 aliphatic heterocycles. The van der Waals surface area contributed by atoms with Crippen molar-refractivity contribution in [2.75, 3.05) is 44.7 Å². The number of nitrogens with zero attached hydrogens (tertiary/aromatic N) is 6. The smallest absolute Gasteiger partial charge is 0.419 e. The molecule has 41 heavy (non-hydrogen) atoms. The molecule has 0 atom stereocenters. The van der Waals surface area contributed by atoms with Gasteiger partial charge in [0.2, 0.25) is 0 Å². The average Bonchev–Trinajstić information content (AvgIpc) is 3.60. The van der Waals surface area contributed by atoms with Crippen LogP contribution in [0.4, 0.5) is 15.4 Å².